The van der Waals surface area contributed by atoms with Crippen molar-refractivity contribution in [2.45, 2.75) is 107 Å². The number of aryl methyl sites for hydroxylation is 2. The largest absolute Gasteiger partial charge is 0.294 e. The summed E-state index contributed by atoms with van der Waals surface area (Å²) in [7, 11) is 0. The molecule has 0 N–H and O–H groups in total. The van der Waals surface area contributed by atoms with E-state index in [1.807, 2.05) is 6.92 Å². The van der Waals surface area contributed by atoms with Gasteiger partial charge in [-0.05, 0) is 108 Å². The number of hydrogen-bond donors (Lipinski definition) is 0. The van der Waals surface area contributed by atoms with Crippen LogP contribution in [0.2, 0.25) is 0 Å². The van der Waals surface area contributed by atoms with Crippen LogP contribution in [0.5, 0.6) is 0 Å². The van der Waals surface area contributed by atoms with E-state index in [2.05, 4.69) is 122 Å². The predicted octanol–water partition coefficient (Wildman–Crippen LogP) is 10.4. The van der Waals surface area contributed by atoms with Crippen LogP contribution >= 0.6 is 15.9 Å². The Morgan fingerprint density at radius 2 is 1.05 bits per heavy atom. The Kier molecular flexibility index (Phi) is 8.39. The molecule has 2 aliphatic rings. The molecule has 5 rings (SSSR count). The second kappa shape index (κ2) is 11.0. The van der Waals surface area contributed by atoms with Crippen LogP contribution < -0.4 is 0 Å². The Hall–Kier alpha value is -2.52. The highest BCUT2D eigenvalue weighted by molar-refractivity contribution is 9.10. The van der Waals surface area contributed by atoms with Gasteiger partial charge in [-0.3, -0.25) is 9.59 Å². The summed E-state index contributed by atoms with van der Waals surface area (Å²) in [6.07, 6.45) is 1.74. The minimum atomic E-state index is 0.0266. The van der Waals surface area contributed by atoms with Crippen molar-refractivity contribution in [3.63, 3.8) is 0 Å². The number of benzene rings is 3. The third-order valence-electron chi connectivity index (χ3n) is 8.88. The van der Waals surface area contributed by atoms with E-state index in [1.165, 1.54) is 55.6 Å². The van der Waals surface area contributed by atoms with Crippen molar-refractivity contribution in [1.29, 1.82) is 0 Å². The predicted molar refractivity (Wildman–Crippen MR) is 177 cm³/mol. The number of halogens is 1. The highest BCUT2D eigenvalue weighted by Crippen LogP contribution is 2.43. The van der Waals surface area contributed by atoms with Crippen LogP contribution in [0.1, 0.15) is 121 Å². The molecule has 0 radical (unpaired) electrons. The van der Waals surface area contributed by atoms with Crippen molar-refractivity contribution in [3.8, 4) is 11.1 Å². The van der Waals surface area contributed by atoms with Gasteiger partial charge in [0.05, 0.1) is 0 Å². The molecule has 0 aromatic heterocycles. The molecular weight excluding hydrogens is 568 g/mol. The monoisotopic (exact) mass is 614 g/mol. The first kappa shape index (κ1) is 31.4. The van der Waals surface area contributed by atoms with E-state index in [9.17, 15) is 9.59 Å². The lowest BCUT2D eigenvalue weighted by atomic mass is 9.78. The molecule has 0 saturated carbocycles. The second-order valence-electron chi connectivity index (χ2n) is 14.7. The molecule has 2 atom stereocenters. The quantitative estimate of drug-likeness (QED) is 0.273. The van der Waals surface area contributed by atoms with Crippen LogP contribution in [0, 0.1) is 39.5 Å². The number of ketones is 2. The average Bonchev–Trinajstić information content (AvgIpc) is 3.28. The van der Waals surface area contributed by atoms with E-state index in [-0.39, 0.29) is 22.7 Å². The fourth-order valence-electron chi connectivity index (χ4n) is 6.89. The van der Waals surface area contributed by atoms with Crippen LogP contribution in [-0.2, 0) is 23.7 Å². The summed E-state index contributed by atoms with van der Waals surface area (Å²) in [5, 5.41) is 0. The number of fused-ring (bicyclic) bond motifs is 2. The van der Waals surface area contributed by atoms with E-state index in [0.717, 1.165) is 28.4 Å². The first-order chi connectivity index (χ1) is 18.8. The minimum absolute atomic E-state index is 0.0266. The molecule has 0 saturated heterocycles. The molecule has 41 heavy (non-hydrogen) atoms. The molecule has 0 aliphatic heterocycles. The maximum atomic E-state index is 12.7. The van der Waals surface area contributed by atoms with Gasteiger partial charge in [0.25, 0.3) is 0 Å². The molecule has 0 bridgehead atoms. The minimum Gasteiger partial charge on any atom is -0.294 e. The van der Waals surface area contributed by atoms with E-state index >= 15 is 0 Å². The number of carbonyl (C=O) groups excluding carboxylic acids is 2. The second-order valence-corrected chi connectivity index (χ2v) is 15.4. The topological polar surface area (TPSA) is 34.1 Å². The summed E-state index contributed by atoms with van der Waals surface area (Å²) in [6, 6.07) is 11.0. The summed E-state index contributed by atoms with van der Waals surface area (Å²) in [6.45, 7) is 26.0. The van der Waals surface area contributed by atoms with Gasteiger partial charge in [0, 0.05) is 27.4 Å². The molecule has 3 aromatic rings. The van der Waals surface area contributed by atoms with Crippen LogP contribution in [-0.4, -0.2) is 11.6 Å². The molecular formula is C38H47BrO2. The fourth-order valence-corrected chi connectivity index (χ4v) is 7.47. The lowest BCUT2D eigenvalue weighted by Crippen LogP contribution is -2.15. The van der Waals surface area contributed by atoms with Gasteiger partial charge in [0.15, 0.2) is 11.6 Å². The first-order valence-electron chi connectivity index (χ1n) is 15.0. The van der Waals surface area contributed by atoms with Gasteiger partial charge in [0.2, 0.25) is 0 Å². The van der Waals surface area contributed by atoms with Crippen molar-refractivity contribution in [3.05, 3.63) is 90.4 Å². The fraction of sp³-hybridized carbons (Fsp3) is 0.474. The molecule has 0 fully saturated rings. The molecule has 218 valence electrons. The molecule has 2 unspecified atom stereocenters. The smallest absolute Gasteiger partial charge is 0.166 e. The number of Topliss-reactive ketones (excluding diaryl/α,β-unsaturated/α-hetero) is 2. The zero-order valence-corrected chi connectivity index (χ0v) is 28.7. The van der Waals surface area contributed by atoms with Gasteiger partial charge in [-0.15, -0.1) is 0 Å². The Bertz CT molecular complexity index is 1540. The summed E-state index contributed by atoms with van der Waals surface area (Å²) < 4.78 is 1.14. The Balaban J connectivity index is 0.000000201. The van der Waals surface area contributed by atoms with E-state index < -0.39 is 0 Å². The van der Waals surface area contributed by atoms with Crippen LogP contribution in [0.4, 0.5) is 0 Å². The molecule has 3 aromatic carbocycles. The Morgan fingerprint density at radius 3 is 1.51 bits per heavy atom. The van der Waals surface area contributed by atoms with E-state index in [4.69, 9.17) is 0 Å². The third-order valence-corrected chi connectivity index (χ3v) is 9.95. The SMILES string of the molecule is Cc1c(C(C)(C)C)cc2c(c1Br)CC(C)C2=O.Cc1cc(C)cc(-c2c(C)c(C(C)(C)C)cc3c2CC(C)C3=O)c1. The highest BCUT2D eigenvalue weighted by atomic mass is 79.9. The van der Waals surface area contributed by atoms with E-state index in [0.29, 0.717) is 11.6 Å². The van der Waals surface area contributed by atoms with Gasteiger partial charge in [-0.2, -0.15) is 0 Å². The van der Waals surface area contributed by atoms with Gasteiger partial charge < -0.3 is 0 Å². The molecule has 2 aliphatic carbocycles. The van der Waals surface area contributed by atoms with Crippen molar-refractivity contribution in [2.75, 3.05) is 0 Å². The lowest BCUT2D eigenvalue weighted by Gasteiger charge is -2.26. The van der Waals surface area contributed by atoms with E-state index in [1.54, 1.807) is 0 Å². The van der Waals surface area contributed by atoms with Gasteiger partial charge in [-0.1, -0.05) is 101 Å². The Morgan fingerprint density at radius 1 is 0.634 bits per heavy atom. The highest BCUT2D eigenvalue weighted by Gasteiger charge is 2.34. The summed E-state index contributed by atoms with van der Waals surface area (Å²) in [5.74, 6) is 0.836. The molecule has 3 heteroatoms. The number of carbonyl (C=O) groups is 2. The normalized spacial score (nSPS) is 18.3. The summed E-state index contributed by atoms with van der Waals surface area (Å²) >= 11 is 3.68. The van der Waals surface area contributed by atoms with Gasteiger partial charge >= 0.3 is 0 Å². The average molecular weight is 616 g/mol. The molecule has 2 nitrogen and oxygen atoms in total. The van der Waals surface area contributed by atoms with Crippen LogP contribution in [0.25, 0.3) is 11.1 Å². The van der Waals surface area contributed by atoms with Crippen molar-refractivity contribution < 1.29 is 9.59 Å². The zero-order valence-electron chi connectivity index (χ0n) is 27.2. The maximum absolute atomic E-state index is 12.7. The van der Waals surface area contributed by atoms with Gasteiger partial charge in [-0.25, -0.2) is 0 Å². The molecule has 0 amide bonds. The lowest BCUT2D eigenvalue weighted by molar-refractivity contribution is 0.0939. The van der Waals surface area contributed by atoms with Crippen molar-refractivity contribution >= 4 is 27.5 Å². The number of rotatable bonds is 1. The van der Waals surface area contributed by atoms with Crippen molar-refractivity contribution in [2.24, 2.45) is 11.8 Å². The molecule has 0 heterocycles. The first-order valence-corrected chi connectivity index (χ1v) is 15.8. The third kappa shape index (κ3) is 5.89. The zero-order chi connectivity index (χ0) is 30.8. The standard InChI is InChI=1S/C23H28O.C15H19BrO/c1-13-8-14(2)10-17(9-13)21-16(4)20(23(5,6)7)12-19-18(21)11-15(3)22(19)24;1-8-6-10-11(14(8)17)7-12(15(3,4)5)9(2)13(10)16/h8-10,12,15H,11H2,1-7H3;7-8H,6H2,1-5H3. The molecule has 0 spiro atoms. The summed E-state index contributed by atoms with van der Waals surface area (Å²) in [5.41, 5.74) is 14.7. The number of hydrogen-bond acceptors (Lipinski definition) is 2. The van der Waals surface area contributed by atoms with Crippen LogP contribution in [0.15, 0.2) is 34.8 Å². The summed E-state index contributed by atoms with van der Waals surface area (Å²) in [4.78, 5) is 24.8. The van der Waals surface area contributed by atoms with Gasteiger partial charge in [0.1, 0.15) is 0 Å². The van der Waals surface area contributed by atoms with Crippen molar-refractivity contribution in [1.82, 2.24) is 0 Å². The van der Waals surface area contributed by atoms with Crippen LogP contribution in [0.3, 0.4) is 0 Å². The maximum Gasteiger partial charge on any atom is 0.166 e. The Labute approximate surface area is 256 Å².